The molecule has 4 nitrogen and oxygen atoms in total. The van der Waals surface area contributed by atoms with Crippen LogP contribution in [0.15, 0.2) is 41.3 Å². The van der Waals surface area contributed by atoms with E-state index in [-0.39, 0.29) is 12.0 Å². The Morgan fingerprint density at radius 3 is 2.44 bits per heavy atom. The van der Waals surface area contributed by atoms with Crippen molar-refractivity contribution in [2.24, 2.45) is 0 Å². The summed E-state index contributed by atoms with van der Waals surface area (Å²) in [7, 11) is 1.61. The van der Waals surface area contributed by atoms with Crippen molar-refractivity contribution in [1.29, 1.82) is 0 Å². The number of nitrogens with zero attached hydrogens (tertiary/aromatic N) is 1. The molecule has 0 unspecified atom stereocenters. The first-order chi connectivity index (χ1) is 8.67. The van der Waals surface area contributed by atoms with Gasteiger partial charge in [0.1, 0.15) is 5.75 Å². The van der Waals surface area contributed by atoms with Crippen LogP contribution in [0.1, 0.15) is 11.3 Å². The van der Waals surface area contributed by atoms with E-state index in [4.69, 9.17) is 4.74 Å². The molecule has 0 atom stereocenters. The molecule has 0 aliphatic carbocycles. The van der Waals surface area contributed by atoms with Crippen molar-refractivity contribution in [2.75, 3.05) is 7.11 Å². The highest BCUT2D eigenvalue weighted by Gasteiger charge is 2.07. The van der Waals surface area contributed by atoms with Crippen LogP contribution in [0.3, 0.4) is 0 Å². The zero-order chi connectivity index (χ0) is 13.1. The lowest BCUT2D eigenvalue weighted by Gasteiger charge is -2.13. The van der Waals surface area contributed by atoms with Crippen LogP contribution in [0.2, 0.25) is 0 Å². The van der Waals surface area contributed by atoms with E-state index in [0.717, 1.165) is 17.1 Å². The molecule has 2 aromatic rings. The van der Waals surface area contributed by atoms with Crippen molar-refractivity contribution in [3.8, 4) is 11.4 Å². The molecule has 94 valence electrons. The van der Waals surface area contributed by atoms with Crippen molar-refractivity contribution < 1.29 is 9.84 Å². The number of benzene rings is 1. The Bertz CT molecular complexity index is 599. The van der Waals surface area contributed by atoms with Crippen LogP contribution in [-0.4, -0.2) is 16.8 Å². The third kappa shape index (κ3) is 2.15. The van der Waals surface area contributed by atoms with Gasteiger partial charge in [0.05, 0.1) is 13.7 Å². The molecule has 1 aromatic carbocycles. The number of hydrogen-bond donors (Lipinski definition) is 1. The minimum absolute atomic E-state index is 0.139. The fourth-order valence-electron chi connectivity index (χ4n) is 1.89. The number of ether oxygens (including phenoxy) is 1. The highest BCUT2D eigenvalue weighted by molar-refractivity contribution is 5.40. The van der Waals surface area contributed by atoms with E-state index in [1.165, 1.54) is 6.07 Å². The van der Waals surface area contributed by atoms with Crippen molar-refractivity contribution >= 4 is 0 Å². The molecule has 0 saturated heterocycles. The van der Waals surface area contributed by atoms with E-state index >= 15 is 0 Å². The average molecular weight is 245 g/mol. The number of aromatic nitrogens is 1. The zero-order valence-electron chi connectivity index (χ0n) is 10.4. The second-order valence-corrected chi connectivity index (χ2v) is 3.97. The van der Waals surface area contributed by atoms with Gasteiger partial charge in [-0.3, -0.25) is 4.79 Å². The lowest BCUT2D eigenvalue weighted by molar-refractivity contribution is 0.279. The summed E-state index contributed by atoms with van der Waals surface area (Å²) in [5.74, 6) is 0.778. The molecule has 18 heavy (non-hydrogen) atoms. The maximum Gasteiger partial charge on any atom is 0.187 e. The first-order valence-corrected chi connectivity index (χ1v) is 5.64. The standard InChI is InChI=1S/C14H15NO3/c1-10-13(9-16)14(17)7-8-15(10)11-3-5-12(18-2)6-4-11/h3-8,16H,9H2,1-2H3. The maximum atomic E-state index is 11.6. The number of methoxy groups -OCH3 is 1. The Balaban J connectivity index is 2.53. The van der Waals surface area contributed by atoms with Gasteiger partial charge in [-0.15, -0.1) is 0 Å². The molecule has 1 aromatic heterocycles. The normalized spacial score (nSPS) is 10.4. The summed E-state index contributed by atoms with van der Waals surface area (Å²) in [6, 6.07) is 8.97. The largest absolute Gasteiger partial charge is 0.497 e. The predicted octanol–water partition coefficient (Wildman–Crippen LogP) is 1.65. The van der Waals surface area contributed by atoms with E-state index in [9.17, 15) is 9.90 Å². The Labute approximate surface area is 105 Å². The van der Waals surface area contributed by atoms with Gasteiger partial charge in [-0.2, -0.15) is 0 Å². The molecule has 0 amide bonds. The molecule has 4 heteroatoms. The second kappa shape index (κ2) is 5.06. The van der Waals surface area contributed by atoms with Gasteiger partial charge in [-0.25, -0.2) is 0 Å². The van der Waals surface area contributed by atoms with E-state index in [2.05, 4.69) is 0 Å². The lowest BCUT2D eigenvalue weighted by Crippen LogP contribution is -2.15. The molecule has 1 heterocycles. The summed E-state index contributed by atoms with van der Waals surface area (Å²) < 4.78 is 6.97. The minimum Gasteiger partial charge on any atom is -0.497 e. The number of rotatable bonds is 3. The number of pyridine rings is 1. The number of aliphatic hydroxyl groups is 1. The van der Waals surface area contributed by atoms with Gasteiger partial charge >= 0.3 is 0 Å². The molecular weight excluding hydrogens is 230 g/mol. The Kier molecular flexibility index (Phi) is 3.48. The summed E-state index contributed by atoms with van der Waals surface area (Å²) in [6.07, 6.45) is 1.71. The van der Waals surface area contributed by atoms with Gasteiger partial charge in [-0.1, -0.05) is 0 Å². The summed E-state index contributed by atoms with van der Waals surface area (Å²) in [5.41, 5.74) is 1.95. The highest BCUT2D eigenvalue weighted by atomic mass is 16.5. The van der Waals surface area contributed by atoms with Crippen molar-refractivity contribution in [3.05, 3.63) is 58.0 Å². The zero-order valence-corrected chi connectivity index (χ0v) is 10.4. The fraction of sp³-hybridized carbons (Fsp3) is 0.214. The van der Waals surface area contributed by atoms with E-state index in [0.29, 0.717) is 5.56 Å². The van der Waals surface area contributed by atoms with Crippen LogP contribution < -0.4 is 10.2 Å². The molecule has 0 radical (unpaired) electrons. The van der Waals surface area contributed by atoms with Gasteiger partial charge in [-0.05, 0) is 31.2 Å². The van der Waals surface area contributed by atoms with Crippen LogP contribution >= 0.6 is 0 Å². The molecule has 0 spiro atoms. The van der Waals surface area contributed by atoms with E-state index in [1.54, 1.807) is 13.3 Å². The second-order valence-electron chi connectivity index (χ2n) is 3.97. The van der Waals surface area contributed by atoms with Gasteiger partial charge in [0, 0.05) is 29.2 Å². The van der Waals surface area contributed by atoms with E-state index in [1.807, 2.05) is 35.8 Å². The topological polar surface area (TPSA) is 51.5 Å². The molecular formula is C14H15NO3. The maximum absolute atomic E-state index is 11.6. The molecule has 0 saturated carbocycles. The predicted molar refractivity (Wildman–Crippen MR) is 69.3 cm³/mol. The van der Waals surface area contributed by atoms with Gasteiger partial charge in [0.25, 0.3) is 0 Å². The third-order valence-corrected chi connectivity index (χ3v) is 2.98. The first kappa shape index (κ1) is 12.4. The molecule has 0 bridgehead atoms. The molecule has 1 N–H and O–H groups in total. The number of aliphatic hydroxyl groups excluding tert-OH is 1. The van der Waals surface area contributed by atoms with Crippen LogP contribution in [-0.2, 0) is 6.61 Å². The summed E-state index contributed by atoms with van der Waals surface area (Å²) in [4.78, 5) is 11.6. The Morgan fingerprint density at radius 2 is 1.89 bits per heavy atom. The molecule has 0 aliphatic rings. The highest BCUT2D eigenvalue weighted by Crippen LogP contribution is 2.16. The summed E-state index contributed by atoms with van der Waals surface area (Å²) in [5, 5.41) is 9.22. The Hall–Kier alpha value is -2.07. The smallest absolute Gasteiger partial charge is 0.187 e. The van der Waals surface area contributed by atoms with Crippen LogP contribution in [0.5, 0.6) is 5.75 Å². The average Bonchev–Trinajstić information content (AvgIpc) is 2.40. The van der Waals surface area contributed by atoms with Crippen molar-refractivity contribution in [1.82, 2.24) is 4.57 Å². The SMILES string of the molecule is COc1ccc(-n2ccc(=O)c(CO)c2C)cc1. The van der Waals surface area contributed by atoms with Gasteiger partial charge in [0.15, 0.2) is 5.43 Å². The van der Waals surface area contributed by atoms with Crippen LogP contribution in [0.25, 0.3) is 5.69 Å². The first-order valence-electron chi connectivity index (χ1n) is 5.64. The fourth-order valence-corrected chi connectivity index (χ4v) is 1.89. The molecule has 0 aliphatic heterocycles. The molecule has 2 rings (SSSR count). The van der Waals surface area contributed by atoms with Crippen molar-refractivity contribution in [2.45, 2.75) is 13.5 Å². The monoisotopic (exact) mass is 245 g/mol. The van der Waals surface area contributed by atoms with E-state index < -0.39 is 0 Å². The third-order valence-electron chi connectivity index (χ3n) is 2.98. The number of hydrogen-bond acceptors (Lipinski definition) is 3. The van der Waals surface area contributed by atoms with Crippen LogP contribution in [0, 0.1) is 6.92 Å². The molecule has 0 fully saturated rings. The van der Waals surface area contributed by atoms with Gasteiger partial charge in [0.2, 0.25) is 0 Å². The van der Waals surface area contributed by atoms with Gasteiger partial charge < -0.3 is 14.4 Å². The summed E-state index contributed by atoms with van der Waals surface area (Å²) in [6.45, 7) is 1.57. The minimum atomic E-state index is -0.248. The Morgan fingerprint density at radius 1 is 1.22 bits per heavy atom. The van der Waals surface area contributed by atoms with Crippen LogP contribution in [0.4, 0.5) is 0 Å². The summed E-state index contributed by atoms with van der Waals surface area (Å²) >= 11 is 0. The van der Waals surface area contributed by atoms with Crippen molar-refractivity contribution in [3.63, 3.8) is 0 Å². The quantitative estimate of drug-likeness (QED) is 0.894. The lowest BCUT2D eigenvalue weighted by atomic mass is 10.2.